The topological polar surface area (TPSA) is 55.6 Å². The van der Waals surface area contributed by atoms with Crippen molar-refractivity contribution in [3.63, 3.8) is 0 Å². The SMILES string of the molecule is CC(C)(C)OCC(=O)N1CC(N)Cc2ccccc21. The molecule has 2 rings (SSSR count). The van der Waals surface area contributed by atoms with Gasteiger partial charge in [0.1, 0.15) is 6.61 Å². The van der Waals surface area contributed by atoms with Crippen LogP contribution in [0.15, 0.2) is 24.3 Å². The first-order valence-electron chi connectivity index (χ1n) is 6.64. The van der Waals surface area contributed by atoms with Crippen molar-refractivity contribution in [3.05, 3.63) is 29.8 Å². The average molecular weight is 262 g/mol. The Balaban J connectivity index is 2.14. The summed E-state index contributed by atoms with van der Waals surface area (Å²) in [6.45, 7) is 6.47. The highest BCUT2D eigenvalue weighted by Gasteiger charge is 2.27. The first-order valence-corrected chi connectivity index (χ1v) is 6.64. The molecule has 0 saturated heterocycles. The smallest absolute Gasteiger partial charge is 0.253 e. The molecule has 1 amide bonds. The molecule has 0 spiro atoms. The number of benzene rings is 1. The Kier molecular flexibility index (Phi) is 3.92. The summed E-state index contributed by atoms with van der Waals surface area (Å²) in [5, 5.41) is 0. The van der Waals surface area contributed by atoms with E-state index in [0.29, 0.717) is 6.54 Å². The molecule has 0 radical (unpaired) electrons. The van der Waals surface area contributed by atoms with Gasteiger partial charge < -0.3 is 15.4 Å². The van der Waals surface area contributed by atoms with Crippen LogP contribution in [0.2, 0.25) is 0 Å². The van der Waals surface area contributed by atoms with E-state index >= 15 is 0 Å². The fourth-order valence-corrected chi connectivity index (χ4v) is 2.22. The minimum atomic E-state index is -0.312. The Bertz CT molecular complexity index is 465. The highest BCUT2D eigenvalue weighted by Crippen LogP contribution is 2.26. The molecular weight excluding hydrogens is 240 g/mol. The van der Waals surface area contributed by atoms with Gasteiger partial charge in [-0.3, -0.25) is 4.79 Å². The molecule has 1 aliphatic heterocycles. The van der Waals surface area contributed by atoms with Crippen molar-refractivity contribution in [1.82, 2.24) is 0 Å². The van der Waals surface area contributed by atoms with Crippen molar-refractivity contribution in [2.45, 2.75) is 38.8 Å². The second kappa shape index (κ2) is 5.31. The molecule has 2 N–H and O–H groups in total. The maximum absolute atomic E-state index is 12.3. The lowest BCUT2D eigenvalue weighted by Gasteiger charge is -2.33. The molecule has 4 nitrogen and oxygen atoms in total. The normalized spacial score (nSPS) is 19.2. The van der Waals surface area contributed by atoms with Crippen LogP contribution in [0.3, 0.4) is 0 Å². The fraction of sp³-hybridized carbons (Fsp3) is 0.533. The van der Waals surface area contributed by atoms with Crippen molar-refractivity contribution in [2.24, 2.45) is 5.73 Å². The molecule has 104 valence electrons. The Morgan fingerprint density at radius 2 is 2.11 bits per heavy atom. The van der Waals surface area contributed by atoms with Gasteiger partial charge in [0.2, 0.25) is 0 Å². The van der Waals surface area contributed by atoms with E-state index in [0.717, 1.165) is 17.7 Å². The summed E-state index contributed by atoms with van der Waals surface area (Å²) in [6.07, 6.45) is 0.820. The summed E-state index contributed by atoms with van der Waals surface area (Å²) < 4.78 is 5.56. The van der Waals surface area contributed by atoms with Gasteiger partial charge in [-0.2, -0.15) is 0 Å². The molecule has 1 heterocycles. The van der Waals surface area contributed by atoms with Crippen molar-refractivity contribution < 1.29 is 9.53 Å². The molecule has 0 bridgehead atoms. The van der Waals surface area contributed by atoms with Gasteiger partial charge in [-0.15, -0.1) is 0 Å². The predicted molar refractivity (Wildman–Crippen MR) is 76.2 cm³/mol. The summed E-state index contributed by atoms with van der Waals surface area (Å²) in [4.78, 5) is 14.0. The molecule has 1 aliphatic rings. The third-order valence-corrected chi connectivity index (χ3v) is 3.11. The maximum atomic E-state index is 12.3. The van der Waals surface area contributed by atoms with Crippen molar-refractivity contribution in [1.29, 1.82) is 0 Å². The number of nitrogens with two attached hydrogens (primary N) is 1. The summed E-state index contributed by atoms with van der Waals surface area (Å²) in [7, 11) is 0. The van der Waals surface area contributed by atoms with Gasteiger partial charge >= 0.3 is 0 Å². The number of rotatable bonds is 2. The van der Waals surface area contributed by atoms with Crippen LogP contribution in [-0.4, -0.2) is 30.7 Å². The van der Waals surface area contributed by atoms with E-state index in [1.807, 2.05) is 45.0 Å². The lowest BCUT2D eigenvalue weighted by atomic mass is 9.98. The monoisotopic (exact) mass is 262 g/mol. The van der Waals surface area contributed by atoms with Crippen LogP contribution in [0.1, 0.15) is 26.3 Å². The molecule has 1 atom stereocenters. The molecule has 1 unspecified atom stereocenters. The van der Waals surface area contributed by atoms with E-state index in [9.17, 15) is 4.79 Å². The van der Waals surface area contributed by atoms with Crippen LogP contribution in [0.25, 0.3) is 0 Å². The minimum absolute atomic E-state index is 0.00603. The van der Waals surface area contributed by atoms with Gasteiger partial charge in [0.05, 0.1) is 5.60 Å². The lowest BCUT2D eigenvalue weighted by Crippen LogP contribution is -2.48. The fourth-order valence-electron chi connectivity index (χ4n) is 2.22. The third kappa shape index (κ3) is 3.55. The highest BCUT2D eigenvalue weighted by atomic mass is 16.5. The molecule has 4 heteroatoms. The molecule has 19 heavy (non-hydrogen) atoms. The molecule has 0 aliphatic carbocycles. The van der Waals surface area contributed by atoms with Crippen LogP contribution < -0.4 is 10.6 Å². The maximum Gasteiger partial charge on any atom is 0.253 e. The summed E-state index contributed by atoms with van der Waals surface area (Å²) in [5.41, 5.74) is 7.81. The van der Waals surface area contributed by atoms with Gasteiger partial charge in [-0.1, -0.05) is 18.2 Å². The zero-order chi connectivity index (χ0) is 14.0. The molecule has 1 aromatic carbocycles. The van der Waals surface area contributed by atoms with Gasteiger partial charge in [0, 0.05) is 18.3 Å². The molecule has 0 saturated carbocycles. The number of para-hydroxylation sites is 1. The summed E-state index contributed by atoms with van der Waals surface area (Å²) in [5.74, 6) is -0.0301. The van der Waals surface area contributed by atoms with Gasteiger partial charge in [-0.25, -0.2) is 0 Å². The number of amides is 1. The first kappa shape index (κ1) is 14.0. The standard InChI is InChI=1S/C15H22N2O2/c1-15(2,3)19-10-14(18)17-9-12(16)8-11-6-4-5-7-13(11)17/h4-7,12H,8-10,16H2,1-3H3. The van der Waals surface area contributed by atoms with Gasteiger partial charge in [0.15, 0.2) is 0 Å². The van der Waals surface area contributed by atoms with E-state index in [1.54, 1.807) is 4.90 Å². The number of carbonyl (C=O) groups excluding carboxylic acids is 1. The number of carbonyl (C=O) groups is 1. The Labute approximate surface area is 114 Å². The molecule has 0 aromatic heterocycles. The predicted octanol–water partition coefficient (Wildman–Crippen LogP) is 1.72. The minimum Gasteiger partial charge on any atom is -0.366 e. The van der Waals surface area contributed by atoms with Gasteiger partial charge in [0.25, 0.3) is 5.91 Å². The lowest BCUT2D eigenvalue weighted by molar-refractivity contribution is -0.128. The van der Waals surface area contributed by atoms with E-state index in [4.69, 9.17) is 10.5 Å². The van der Waals surface area contributed by atoms with Crippen LogP contribution in [-0.2, 0) is 16.0 Å². The number of fused-ring (bicyclic) bond motifs is 1. The summed E-state index contributed by atoms with van der Waals surface area (Å²) in [6, 6.07) is 7.91. The number of hydrogen-bond donors (Lipinski definition) is 1. The number of hydrogen-bond acceptors (Lipinski definition) is 3. The zero-order valence-corrected chi connectivity index (χ0v) is 11.8. The van der Waals surface area contributed by atoms with Crippen LogP contribution >= 0.6 is 0 Å². The second-order valence-electron chi connectivity index (χ2n) is 6.00. The van der Waals surface area contributed by atoms with Crippen molar-refractivity contribution in [2.75, 3.05) is 18.1 Å². The van der Waals surface area contributed by atoms with Crippen LogP contribution in [0.5, 0.6) is 0 Å². The van der Waals surface area contributed by atoms with Gasteiger partial charge in [-0.05, 0) is 38.8 Å². The molecule has 0 fully saturated rings. The number of ether oxygens (including phenoxy) is 1. The number of nitrogens with zero attached hydrogens (tertiary/aromatic N) is 1. The number of anilines is 1. The summed E-state index contributed by atoms with van der Waals surface area (Å²) >= 11 is 0. The van der Waals surface area contributed by atoms with E-state index in [2.05, 4.69) is 0 Å². The van der Waals surface area contributed by atoms with E-state index in [-0.39, 0.29) is 24.2 Å². The Morgan fingerprint density at radius 1 is 1.42 bits per heavy atom. The zero-order valence-electron chi connectivity index (χ0n) is 11.8. The van der Waals surface area contributed by atoms with Crippen molar-refractivity contribution >= 4 is 11.6 Å². The van der Waals surface area contributed by atoms with Crippen molar-refractivity contribution in [3.8, 4) is 0 Å². The Hall–Kier alpha value is -1.39. The highest BCUT2D eigenvalue weighted by molar-refractivity contribution is 5.95. The first-order chi connectivity index (χ1) is 8.87. The molecular formula is C15H22N2O2. The Morgan fingerprint density at radius 3 is 2.79 bits per heavy atom. The average Bonchev–Trinajstić information content (AvgIpc) is 2.34. The van der Waals surface area contributed by atoms with Crippen LogP contribution in [0.4, 0.5) is 5.69 Å². The third-order valence-electron chi connectivity index (χ3n) is 3.11. The largest absolute Gasteiger partial charge is 0.366 e. The van der Waals surface area contributed by atoms with E-state index in [1.165, 1.54) is 0 Å². The van der Waals surface area contributed by atoms with Crippen LogP contribution in [0, 0.1) is 0 Å². The molecule has 1 aromatic rings. The quantitative estimate of drug-likeness (QED) is 0.883. The van der Waals surface area contributed by atoms with E-state index < -0.39 is 0 Å². The second-order valence-corrected chi connectivity index (χ2v) is 6.00.